The number of piperidine rings is 1. The highest BCUT2D eigenvalue weighted by atomic mass is 19.1. The number of aromatic nitrogens is 3. The summed E-state index contributed by atoms with van der Waals surface area (Å²) < 4.78 is 30.2. The van der Waals surface area contributed by atoms with E-state index in [-0.39, 0.29) is 11.9 Å². The van der Waals surface area contributed by atoms with Crippen molar-refractivity contribution in [2.75, 3.05) is 18.0 Å². The van der Waals surface area contributed by atoms with Crippen molar-refractivity contribution < 1.29 is 28.6 Å². The molecule has 0 spiro atoms. The number of carbonyl (C=O) groups is 1. The standard InChI is InChI=1S/C37H44FN5O5/c1-8-26-14-17-39-48-37(7)15-18-42(19-16-37)34-30(33(35(44)45)47-36(4,5)6)23(3)40-29-21-27(41-43(29)34)24-10-9-11-25(20-24)31-28(46-26)13-12-22(2)32(31)38/h9-14,17,20-21,26,33,39H,8,15-16,18-19H2,1-7H3,(H,44,45)/b17-14+/t26-,33-/m0/s1. The minimum atomic E-state index is -1.28. The summed E-state index contributed by atoms with van der Waals surface area (Å²) in [5.74, 6) is -0.408. The molecule has 2 aromatic heterocycles. The molecule has 3 aliphatic heterocycles. The monoisotopic (exact) mass is 657 g/mol. The number of aliphatic carboxylic acids is 1. The number of halogens is 1. The van der Waals surface area contributed by atoms with Crippen LogP contribution < -0.4 is 15.1 Å². The lowest BCUT2D eigenvalue weighted by Crippen LogP contribution is -2.47. The Bertz CT molecular complexity index is 1870. The number of hydrogen-bond donors (Lipinski definition) is 2. The number of hydrogen-bond acceptors (Lipinski definition) is 8. The molecule has 7 rings (SSSR count). The Morgan fingerprint density at radius 2 is 1.90 bits per heavy atom. The zero-order chi connectivity index (χ0) is 34.4. The van der Waals surface area contributed by atoms with Crippen LogP contribution >= 0.6 is 0 Å². The maximum Gasteiger partial charge on any atom is 0.337 e. The molecule has 2 N–H and O–H groups in total. The Hall–Kier alpha value is -4.48. The number of hydroxylamine groups is 1. The third kappa shape index (κ3) is 6.61. The van der Waals surface area contributed by atoms with Gasteiger partial charge in [-0.05, 0) is 90.1 Å². The third-order valence-corrected chi connectivity index (χ3v) is 8.99. The Labute approximate surface area is 280 Å². The van der Waals surface area contributed by atoms with Gasteiger partial charge in [0.1, 0.15) is 23.5 Å². The number of aryl methyl sites for hydroxylation is 2. The van der Waals surface area contributed by atoms with Crippen molar-refractivity contribution in [3.05, 3.63) is 77.4 Å². The first kappa shape index (κ1) is 33.4. The van der Waals surface area contributed by atoms with Crippen LogP contribution in [0.15, 0.2) is 54.7 Å². The van der Waals surface area contributed by atoms with E-state index < -0.39 is 23.3 Å². The van der Waals surface area contributed by atoms with Crippen molar-refractivity contribution in [2.45, 2.75) is 91.1 Å². The number of nitrogens with zero attached hydrogens (tertiary/aromatic N) is 4. The molecule has 254 valence electrons. The molecule has 6 bridgehead atoms. The number of nitrogens with one attached hydrogen (secondary N) is 1. The van der Waals surface area contributed by atoms with Gasteiger partial charge in [0.05, 0.1) is 28.0 Å². The number of fused-ring (bicyclic) bond motifs is 6. The fraction of sp³-hybridized carbons (Fsp3) is 0.432. The van der Waals surface area contributed by atoms with E-state index in [4.69, 9.17) is 24.4 Å². The molecule has 2 atom stereocenters. The quantitative estimate of drug-likeness (QED) is 0.233. The van der Waals surface area contributed by atoms with Gasteiger partial charge in [-0.15, -0.1) is 0 Å². The molecule has 1 saturated heterocycles. The maximum atomic E-state index is 15.9. The molecule has 0 unspecified atom stereocenters. The maximum absolute atomic E-state index is 15.9. The second-order valence-electron chi connectivity index (χ2n) is 13.9. The number of anilines is 1. The summed E-state index contributed by atoms with van der Waals surface area (Å²) in [6.45, 7) is 14.3. The molecular formula is C37H44FN5O5. The number of ether oxygens (including phenoxy) is 2. The van der Waals surface area contributed by atoms with Crippen molar-refractivity contribution in [3.8, 4) is 28.1 Å². The van der Waals surface area contributed by atoms with Crippen LogP contribution in [-0.4, -0.2) is 56.1 Å². The molecule has 4 aromatic rings. The van der Waals surface area contributed by atoms with E-state index in [1.807, 2.05) is 71.0 Å². The Morgan fingerprint density at radius 1 is 1.17 bits per heavy atom. The Kier molecular flexibility index (Phi) is 8.95. The first-order valence-corrected chi connectivity index (χ1v) is 16.5. The van der Waals surface area contributed by atoms with E-state index >= 15 is 4.39 Å². The Morgan fingerprint density at radius 3 is 2.58 bits per heavy atom. The molecule has 10 nitrogen and oxygen atoms in total. The number of carboxylic acid groups (broad SMARTS) is 1. The van der Waals surface area contributed by atoms with Gasteiger partial charge in [-0.3, -0.25) is 10.3 Å². The van der Waals surface area contributed by atoms with Crippen molar-refractivity contribution in [3.63, 3.8) is 0 Å². The highest BCUT2D eigenvalue weighted by molar-refractivity contribution is 5.80. The summed E-state index contributed by atoms with van der Waals surface area (Å²) >= 11 is 0. The minimum absolute atomic E-state index is 0.331. The van der Waals surface area contributed by atoms with E-state index in [1.54, 1.807) is 29.8 Å². The van der Waals surface area contributed by atoms with Gasteiger partial charge in [-0.1, -0.05) is 31.2 Å². The summed E-state index contributed by atoms with van der Waals surface area (Å²) in [6.07, 6.45) is 3.97. The number of rotatable bonds is 4. The summed E-state index contributed by atoms with van der Waals surface area (Å²) in [4.78, 5) is 26.0. The number of carboxylic acids is 1. The normalized spacial score (nSPS) is 21.1. The van der Waals surface area contributed by atoms with Crippen molar-refractivity contribution in [1.29, 1.82) is 0 Å². The van der Waals surface area contributed by atoms with E-state index in [2.05, 4.69) is 17.3 Å². The zero-order valence-corrected chi connectivity index (χ0v) is 28.6. The Balaban J connectivity index is 1.58. The van der Waals surface area contributed by atoms with Crippen molar-refractivity contribution in [1.82, 2.24) is 20.1 Å². The molecule has 0 saturated carbocycles. The van der Waals surface area contributed by atoms with E-state index in [0.29, 0.717) is 83.2 Å². The van der Waals surface area contributed by atoms with Crippen LogP contribution in [0.4, 0.5) is 10.2 Å². The van der Waals surface area contributed by atoms with Gasteiger partial charge in [0.2, 0.25) is 0 Å². The molecule has 0 aliphatic carbocycles. The molecule has 11 heteroatoms. The van der Waals surface area contributed by atoms with Crippen LogP contribution in [0.2, 0.25) is 0 Å². The molecule has 0 amide bonds. The summed E-state index contributed by atoms with van der Waals surface area (Å²) in [6, 6.07) is 13.0. The van der Waals surface area contributed by atoms with Gasteiger partial charge in [-0.2, -0.15) is 9.61 Å². The largest absolute Gasteiger partial charge is 0.486 e. The van der Waals surface area contributed by atoms with Crippen LogP contribution in [0.3, 0.4) is 0 Å². The second kappa shape index (κ2) is 12.9. The molecular weight excluding hydrogens is 613 g/mol. The summed E-state index contributed by atoms with van der Waals surface area (Å²) in [5, 5.41) is 15.5. The van der Waals surface area contributed by atoms with E-state index in [0.717, 1.165) is 5.56 Å². The van der Waals surface area contributed by atoms with Crippen LogP contribution in [0, 0.1) is 19.7 Å². The lowest BCUT2D eigenvalue weighted by molar-refractivity contribution is -0.160. The van der Waals surface area contributed by atoms with Crippen molar-refractivity contribution >= 4 is 17.4 Å². The van der Waals surface area contributed by atoms with Crippen molar-refractivity contribution in [2.24, 2.45) is 0 Å². The van der Waals surface area contributed by atoms with Crippen LogP contribution in [0.1, 0.15) is 76.8 Å². The minimum Gasteiger partial charge on any atom is -0.486 e. The molecule has 2 aromatic carbocycles. The summed E-state index contributed by atoms with van der Waals surface area (Å²) in [7, 11) is 0. The molecule has 1 fully saturated rings. The van der Waals surface area contributed by atoms with Gasteiger partial charge in [0, 0.05) is 36.6 Å². The molecule has 48 heavy (non-hydrogen) atoms. The van der Waals surface area contributed by atoms with Gasteiger partial charge >= 0.3 is 5.97 Å². The predicted octanol–water partition coefficient (Wildman–Crippen LogP) is 7.32. The summed E-state index contributed by atoms with van der Waals surface area (Å²) in [5.41, 5.74) is 6.22. The second-order valence-corrected chi connectivity index (χ2v) is 13.9. The van der Waals surface area contributed by atoms with Crippen LogP contribution in [-0.2, 0) is 14.4 Å². The first-order chi connectivity index (χ1) is 22.8. The number of benzene rings is 2. The van der Waals surface area contributed by atoms with E-state index in [9.17, 15) is 9.90 Å². The van der Waals surface area contributed by atoms with Crippen LogP contribution in [0.25, 0.3) is 28.0 Å². The van der Waals surface area contributed by atoms with Gasteiger partial charge in [0.15, 0.2) is 11.8 Å². The smallest absolute Gasteiger partial charge is 0.337 e. The fourth-order valence-electron chi connectivity index (χ4n) is 6.36. The lowest BCUT2D eigenvalue weighted by atomic mass is 9.93. The van der Waals surface area contributed by atoms with Gasteiger partial charge in [-0.25, -0.2) is 14.2 Å². The predicted molar refractivity (Wildman–Crippen MR) is 182 cm³/mol. The third-order valence-electron chi connectivity index (χ3n) is 8.99. The lowest BCUT2D eigenvalue weighted by Gasteiger charge is -2.40. The highest BCUT2D eigenvalue weighted by Crippen LogP contribution is 2.40. The SMILES string of the molecule is CC[C@H]1/C=C/NOC2(C)CCN(CC2)c2c([C@H](OC(C)(C)C)C(=O)O)c(C)nc3cc(nn23)-c2cccc(c2)-c2c(ccc(C)c2F)O1. The average Bonchev–Trinajstić information content (AvgIpc) is 3.46. The van der Waals surface area contributed by atoms with Gasteiger partial charge < -0.3 is 19.5 Å². The molecule has 5 heterocycles. The molecule has 3 aliphatic rings. The average molecular weight is 658 g/mol. The highest BCUT2D eigenvalue weighted by Gasteiger charge is 2.38. The topological polar surface area (TPSA) is 110 Å². The fourth-order valence-corrected chi connectivity index (χ4v) is 6.36. The van der Waals surface area contributed by atoms with Crippen LogP contribution in [0.5, 0.6) is 5.75 Å². The zero-order valence-electron chi connectivity index (χ0n) is 28.6. The first-order valence-electron chi connectivity index (χ1n) is 16.5. The van der Waals surface area contributed by atoms with E-state index in [1.165, 1.54) is 0 Å². The van der Waals surface area contributed by atoms with Gasteiger partial charge in [0.25, 0.3) is 0 Å². The molecule has 0 radical (unpaired) electrons.